The molecule has 2 saturated heterocycles. The molecule has 106 valence electrons. The zero-order valence-electron chi connectivity index (χ0n) is 11.5. The predicted molar refractivity (Wildman–Crippen MR) is 77.2 cm³/mol. The summed E-state index contributed by atoms with van der Waals surface area (Å²) in [5.74, 6) is 5.02. The van der Waals surface area contributed by atoms with Crippen LogP contribution in [0.4, 0.5) is 4.79 Å². The molecule has 0 unspecified atom stereocenters. The summed E-state index contributed by atoms with van der Waals surface area (Å²) in [6.07, 6.45) is 2.73. The summed E-state index contributed by atoms with van der Waals surface area (Å²) in [4.78, 5) is 13.5. The number of carbonyl (C=O) groups excluding carboxylic acids is 1. The lowest BCUT2D eigenvalue weighted by Gasteiger charge is -2.35. The molecular formula is C13H26N2O2S. The number of amides is 1. The van der Waals surface area contributed by atoms with E-state index in [1.54, 1.807) is 0 Å². The van der Waals surface area contributed by atoms with Crippen molar-refractivity contribution in [3.8, 4) is 0 Å². The second-order valence-electron chi connectivity index (χ2n) is 6.21. The van der Waals surface area contributed by atoms with Gasteiger partial charge in [-0.1, -0.05) is 0 Å². The van der Waals surface area contributed by atoms with Gasteiger partial charge in [-0.3, -0.25) is 4.90 Å². The van der Waals surface area contributed by atoms with E-state index >= 15 is 0 Å². The highest BCUT2D eigenvalue weighted by Crippen LogP contribution is 2.41. The van der Waals surface area contributed by atoms with Crippen LogP contribution in [0.3, 0.4) is 0 Å². The van der Waals surface area contributed by atoms with Gasteiger partial charge in [0.2, 0.25) is 0 Å². The lowest BCUT2D eigenvalue weighted by atomic mass is 9.86. The normalized spacial score (nSPS) is 24.0. The Hall–Kier alpha value is -0.420. The van der Waals surface area contributed by atoms with Gasteiger partial charge in [-0.25, -0.2) is 15.7 Å². The van der Waals surface area contributed by atoms with Crippen molar-refractivity contribution < 1.29 is 9.53 Å². The van der Waals surface area contributed by atoms with E-state index < -0.39 is 11.7 Å². The van der Waals surface area contributed by atoms with Crippen molar-refractivity contribution in [3.63, 3.8) is 0 Å². The number of piperidine rings is 1. The summed E-state index contributed by atoms with van der Waals surface area (Å²) in [5, 5.41) is 0. The standard InChI is InChI=1S/C13H26N2O2S/c1-13(2,17-12(14)16)9-11-3-5-15(6-4-11)10-18-7-8-18/h11,18H,3-10H2,1-2H3,(H2,14,16). The predicted octanol–water partition coefficient (Wildman–Crippen LogP) is 1.93. The smallest absolute Gasteiger partial charge is 0.405 e. The second kappa shape index (κ2) is 5.70. The third-order valence-electron chi connectivity index (χ3n) is 3.80. The first-order chi connectivity index (χ1) is 8.44. The third kappa shape index (κ3) is 4.69. The average molecular weight is 274 g/mol. The van der Waals surface area contributed by atoms with Crippen LogP contribution in [0.15, 0.2) is 0 Å². The second-order valence-corrected chi connectivity index (χ2v) is 8.72. The number of hydrogen-bond donors (Lipinski definition) is 2. The molecular weight excluding hydrogens is 248 g/mol. The highest BCUT2D eigenvalue weighted by molar-refractivity contribution is 8.23. The summed E-state index contributed by atoms with van der Waals surface area (Å²) in [5.41, 5.74) is 4.68. The number of carbonyl (C=O) groups is 1. The van der Waals surface area contributed by atoms with E-state index in [0.29, 0.717) is 16.8 Å². The molecule has 0 spiro atoms. The molecule has 2 fully saturated rings. The van der Waals surface area contributed by atoms with Gasteiger partial charge in [0.1, 0.15) is 5.60 Å². The molecule has 18 heavy (non-hydrogen) atoms. The fourth-order valence-electron chi connectivity index (χ4n) is 2.84. The third-order valence-corrected chi connectivity index (χ3v) is 5.68. The molecule has 2 aliphatic rings. The molecule has 5 heteroatoms. The molecule has 2 rings (SSSR count). The van der Waals surface area contributed by atoms with Crippen molar-refractivity contribution in [1.82, 2.24) is 4.90 Å². The largest absolute Gasteiger partial charge is 0.444 e. The zero-order valence-corrected chi connectivity index (χ0v) is 12.4. The topological polar surface area (TPSA) is 55.6 Å². The highest BCUT2D eigenvalue weighted by atomic mass is 32.2. The van der Waals surface area contributed by atoms with E-state index in [2.05, 4.69) is 4.90 Å². The van der Waals surface area contributed by atoms with Crippen LogP contribution in [0.1, 0.15) is 33.1 Å². The Morgan fingerprint density at radius 3 is 2.50 bits per heavy atom. The fraction of sp³-hybridized carbons (Fsp3) is 0.923. The van der Waals surface area contributed by atoms with Crippen molar-refractivity contribution in [3.05, 3.63) is 0 Å². The van der Waals surface area contributed by atoms with E-state index in [4.69, 9.17) is 10.5 Å². The Balaban J connectivity index is 1.70. The van der Waals surface area contributed by atoms with Crippen LogP contribution < -0.4 is 5.73 Å². The van der Waals surface area contributed by atoms with E-state index in [0.717, 1.165) is 6.42 Å². The Bertz CT molecular complexity index is 297. The van der Waals surface area contributed by atoms with E-state index in [1.807, 2.05) is 13.8 Å². The number of rotatable bonds is 5. The van der Waals surface area contributed by atoms with Gasteiger partial charge in [0.15, 0.2) is 0 Å². The molecule has 0 aliphatic carbocycles. The molecule has 2 aliphatic heterocycles. The first kappa shape index (κ1) is 14.0. The Morgan fingerprint density at radius 1 is 1.39 bits per heavy atom. The monoisotopic (exact) mass is 274 g/mol. The van der Waals surface area contributed by atoms with Gasteiger partial charge >= 0.3 is 6.09 Å². The van der Waals surface area contributed by atoms with Crippen molar-refractivity contribution in [2.24, 2.45) is 11.7 Å². The van der Waals surface area contributed by atoms with Crippen LogP contribution in [0, 0.1) is 5.92 Å². The molecule has 2 heterocycles. The molecule has 0 aromatic rings. The van der Waals surface area contributed by atoms with E-state index in [1.165, 1.54) is 43.3 Å². The molecule has 0 bridgehead atoms. The summed E-state index contributed by atoms with van der Waals surface area (Å²) >= 11 is 0. The Morgan fingerprint density at radius 2 is 2.00 bits per heavy atom. The van der Waals surface area contributed by atoms with Crippen molar-refractivity contribution >= 4 is 17.0 Å². The summed E-state index contributed by atoms with van der Waals surface area (Å²) < 4.78 is 5.17. The first-order valence-corrected chi connectivity index (χ1v) is 8.77. The van der Waals surface area contributed by atoms with Crippen LogP contribution >= 0.6 is 10.9 Å². The number of ether oxygens (including phenoxy) is 1. The minimum Gasteiger partial charge on any atom is -0.444 e. The zero-order chi connectivity index (χ0) is 13.2. The van der Waals surface area contributed by atoms with Crippen LogP contribution in [-0.4, -0.2) is 47.1 Å². The lowest BCUT2D eigenvalue weighted by Crippen LogP contribution is -2.38. The number of nitrogens with zero attached hydrogens (tertiary/aromatic N) is 1. The summed E-state index contributed by atoms with van der Waals surface area (Å²) in [7, 11) is 0.414. The molecule has 2 N–H and O–H groups in total. The van der Waals surface area contributed by atoms with Gasteiger partial charge in [0.05, 0.1) is 0 Å². The van der Waals surface area contributed by atoms with Gasteiger partial charge in [-0.05, 0) is 63.6 Å². The van der Waals surface area contributed by atoms with Gasteiger partial charge in [-0.15, -0.1) is 0 Å². The number of primary amides is 1. The van der Waals surface area contributed by atoms with Crippen LogP contribution in [0.5, 0.6) is 0 Å². The molecule has 0 atom stereocenters. The SMILES string of the molecule is CC(C)(CC1CCN(C[SH]2CC2)CC1)OC(N)=O. The maximum atomic E-state index is 10.8. The van der Waals surface area contributed by atoms with Crippen LogP contribution in [0.25, 0.3) is 0 Å². The Labute approximate surface area is 113 Å². The summed E-state index contributed by atoms with van der Waals surface area (Å²) in [6, 6.07) is 0. The minimum absolute atomic E-state index is 0.414. The van der Waals surface area contributed by atoms with E-state index in [-0.39, 0.29) is 0 Å². The molecule has 4 nitrogen and oxygen atoms in total. The molecule has 0 aromatic carbocycles. The molecule has 1 amide bonds. The number of thiol groups is 1. The van der Waals surface area contributed by atoms with Crippen LogP contribution in [0.2, 0.25) is 0 Å². The number of hydrogen-bond acceptors (Lipinski definition) is 3. The van der Waals surface area contributed by atoms with Crippen molar-refractivity contribution in [2.45, 2.75) is 38.7 Å². The maximum Gasteiger partial charge on any atom is 0.405 e. The average Bonchev–Trinajstić information content (AvgIpc) is 3.02. The molecule has 0 radical (unpaired) electrons. The fourth-order valence-corrected chi connectivity index (χ4v) is 4.53. The number of nitrogens with two attached hydrogens (primary N) is 1. The van der Waals surface area contributed by atoms with E-state index in [9.17, 15) is 4.79 Å². The molecule has 0 saturated carbocycles. The van der Waals surface area contributed by atoms with Crippen molar-refractivity contribution in [2.75, 3.05) is 30.5 Å². The van der Waals surface area contributed by atoms with Gasteiger partial charge in [0, 0.05) is 5.88 Å². The Kier molecular flexibility index (Phi) is 4.43. The number of likely N-dealkylation sites (tertiary alicyclic amines) is 1. The summed E-state index contributed by atoms with van der Waals surface area (Å²) in [6.45, 7) is 6.35. The highest BCUT2D eigenvalue weighted by Gasteiger charge is 2.30. The minimum atomic E-state index is -0.658. The van der Waals surface area contributed by atoms with Crippen LogP contribution in [-0.2, 0) is 4.74 Å². The van der Waals surface area contributed by atoms with Gasteiger partial charge in [-0.2, -0.15) is 0 Å². The first-order valence-electron chi connectivity index (χ1n) is 6.88. The van der Waals surface area contributed by atoms with Crippen molar-refractivity contribution in [1.29, 1.82) is 0 Å². The van der Waals surface area contributed by atoms with Gasteiger partial charge in [0.25, 0.3) is 0 Å². The molecule has 0 aromatic heterocycles. The quantitative estimate of drug-likeness (QED) is 0.595. The lowest BCUT2D eigenvalue weighted by molar-refractivity contribution is 0.0181. The maximum absolute atomic E-state index is 10.8. The van der Waals surface area contributed by atoms with Gasteiger partial charge < -0.3 is 10.5 Å².